The minimum absolute atomic E-state index is 0.0585. The first kappa shape index (κ1) is 28.5. The van der Waals surface area contributed by atoms with Crippen LogP contribution in [0.3, 0.4) is 0 Å². The first-order valence-electron chi connectivity index (χ1n) is 15.1. The van der Waals surface area contributed by atoms with Crippen LogP contribution in [0.1, 0.15) is 25.8 Å². The van der Waals surface area contributed by atoms with Crippen molar-refractivity contribution < 1.29 is 14.2 Å². The van der Waals surface area contributed by atoms with Gasteiger partial charge in [0.05, 0.1) is 44.8 Å². The van der Waals surface area contributed by atoms with Gasteiger partial charge in [0, 0.05) is 57.2 Å². The highest BCUT2D eigenvalue weighted by atomic mass is 16.6. The van der Waals surface area contributed by atoms with Gasteiger partial charge >= 0.3 is 5.69 Å². The Morgan fingerprint density at radius 2 is 1.52 bits per heavy atom. The fraction of sp³-hybridized carbons (Fsp3) is 0.500. The molecule has 3 aliphatic rings. The Balaban J connectivity index is 1.01. The summed E-state index contributed by atoms with van der Waals surface area (Å²) in [7, 11) is 1.69. The molecule has 10 heteroatoms. The molecule has 0 N–H and O–H groups in total. The third kappa shape index (κ3) is 6.56. The van der Waals surface area contributed by atoms with Crippen LogP contribution in [-0.2, 0) is 9.47 Å². The van der Waals surface area contributed by atoms with Gasteiger partial charge in [-0.25, -0.2) is 14.0 Å². The lowest BCUT2D eigenvalue weighted by Crippen LogP contribution is -2.46. The summed E-state index contributed by atoms with van der Waals surface area (Å²) in [5.41, 5.74) is 4.47. The first-order chi connectivity index (χ1) is 20.6. The molecular weight excluding hydrogens is 532 g/mol. The second-order valence-electron chi connectivity index (χ2n) is 11.4. The molecule has 0 bridgehead atoms. The SMILES string of the molecule is COc1ccc(N2CCN(c3ccc(-n4cnn(C5CCN(C/C(C)=C/C6COCCO6)CC5)c4=O)cc3)CC2)cc1. The largest absolute Gasteiger partial charge is 0.497 e. The van der Waals surface area contributed by atoms with E-state index < -0.39 is 0 Å². The predicted molar refractivity (Wildman–Crippen MR) is 164 cm³/mol. The molecule has 3 aromatic rings. The van der Waals surface area contributed by atoms with E-state index in [1.54, 1.807) is 22.7 Å². The van der Waals surface area contributed by atoms with E-state index in [0.29, 0.717) is 19.8 Å². The van der Waals surface area contributed by atoms with E-state index in [4.69, 9.17) is 14.2 Å². The highest BCUT2D eigenvalue weighted by Crippen LogP contribution is 2.25. The summed E-state index contributed by atoms with van der Waals surface area (Å²) >= 11 is 0. The number of hydrogen-bond acceptors (Lipinski definition) is 8. The van der Waals surface area contributed by atoms with E-state index in [1.807, 2.05) is 24.3 Å². The number of hydrogen-bond donors (Lipinski definition) is 0. The lowest BCUT2D eigenvalue weighted by Gasteiger charge is -2.37. The number of aromatic nitrogens is 3. The molecule has 10 nitrogen and oxygen atoms in total. The number of anilines is 2. The van der Waals surface area contributed by atoms with Crippen molar-refractivity contribution in [2.75, 3.05) is 82.5 Å². The van der Waals surface area contributed by atoms with Crippen LogP contribution in [-0.4, -0.2) is 98.1 Å². The molecule has 0 aliphatic carbocycles. The third-order valence-corrected chi connectivity index (χ3v) is 8.59. The number of likely N-dealkylation sites (tertiary alicyclic amines) is 1. The van der Waals surface area contributed by atoms with Crippen LogP contribution < -0.4 is 20.2 Å². The van der Waals surface area contributed by atoms with E-state index in [2.05, 4.69) is 57.1 Å². The Morgan fingerprint density at radius 3 is 2.12 bits per heavy atom. The van der Waals surface area contributed by atoms with E-state index in [9.17, 15) is 4.79 Å². The standard InChI is InChI=1S/C32H42N6O4/c1-25(21-31-23-41-19-20-42-31)22-34-13-11-29(12-14-34)38-32(39)37(24-33-38)28-5-3-26(4-6-28)35-15-17-36(18-16-35)27-7-9-30(40-2)10-8-27/h3-10,21,24,29,31H,11-20,22-23H2,1-2H3/b25-21+. The molecule has 3 fully saturated rings. The Morgan fingerprint density at radius 1 is 0.905 bits per heavy atom. The van der Waals surface area contributed by atoms with Crippen LogP contribution in [0.15, 0.2) is 71.3 Å². The summed E-state index contributed by atoms with van der Waals surface area (Å²) in [5.74, 6) is 0.878. The van der Waals surface area contributed by atoms with E-state index in [0.717, 1.165) is 70.1 Å². The molecule has 4 heterocycles. The molecule has 1 unspecified atom stereocenters. The highest BCUT2D eigenvalue weighted by Gasteiger charge is 2.24. The molecule has 0 amide bonds. The Kier molecular flexibility index (Phi) is 8.92. The van der Waals surface area contributed by atoms with Crippen molar-refractivity contribution in [3.8, 4) is 11.4 Å². The smallest absolute Gasteiger partial charge is 0.350 e. The van der Waals surface area contributed by atoms with Gasteiger partial charge in [-0.15, -0.1) is 0 Å². The molecule has 0 radical (unpaired) electrons. The molecule has 6 rings (SSSR count). The van der Waals surface area contributed by atoms with Crippen LogP contribution in [0.25, 0.3) is 5.69 Å². The summed E-state index contributed by atoms with van der Waals surface area (Å²) in [6.45, 7) is 10.7. The van der Waals surface area contributed by atoms with Crippen molar-refractivity contribution in [3.05, 3.63) is 77.0 Å². The molecule has 0 spiro atoms. The van der Waals surface area contributed by atoms with Crippen molar-refractivity contribution in [2.45, 2.75) is 31.9 Å². The van der Waals surface area contributed by atoms with Crippen LogP contribution in [0.2, 0.25) is 0 Å². The molecule has 3 aliphatic heterocycles. The van der Waals surface area contributed by atoms with Crippen molar-refractivity contribution in [3.63, 3.8) is 0 Å². The molecule has 1 aromatic heterocycles. The fourth-order valence-electron chi connectivity index (χ4n) is 6.23. The van der Waals surface area contributed by atoms with Crippen molar-refractivity contribution in [2.24, 2.45) is 0 Å². The van der Waals surface area contributed by atoms with Gasteiger partial charge in [-0.3, -0.25) is 4.90 Å². The van der Waals surface area contributed by atoms with Crippen molar-refractivity contribution in [1.29, 1.82) is 0 Å². The topological polar surface area (TPSA) is 77.2 Å². The van der Waals surface area contributed by atoms with E-state index in [1.165, 1.54) is 16.9 Å². The number of nitrogens with zero attached hydrogens (tertiary/aromatic N) is 6. The van der Waals surface area contributed by atoms with Crippen LogP contribution in [0.4, 0.5) is 11.4 Å². The van der Waals surface area contributed by atoms with Gasteiger partial charge in [0.1, 0.15) is 12.1 Å². The van der Waals surface area contributed by atoms with Gasteiger partial charge in [0.15, 0.2) is 0 Å². The van der Waals surface area contributed by atoms with Crippen LogP contribution >= 0.6 is 0 Å². The van der Waals surface area contributed by atoms with Crippen molar-refractivity contribution in [1.82, 2.24) is 19.2 Å². The fourth-order valence-corrected chi connectivity index (χ4v) is 6.23. The second kappa shape index (κ2) is 13.1. The number of piperazine rings is 1. The Hall–Kier alpha value is -3.60. The van der Waals surface area contributed by atoms with Crippen molar-refractivity contribution >= 4 is 11.4 Å². The molecule has 1 atom stereocenters. The zero-order chi connectivity index (χ0) is 28.9. The molecule has 2 aromatic carbocycles. The third-order valence-electron chi connectivity index (χ3n) is 8.59. The van der Waals surface area contributed by atoms with Gasteiger partial charge in [-0.1, -0.05) is 11.6 Å². The lowest BCUT2D eigenvalue weighted by atomic mass is 10.0. The summed E-state index contributed by atoms with van der Waals surface area (Å²) in [5, 5.41) is 4.52. The molecule has 0 saturated carbocycles. The highest BCUT2D eigenvalue weighted by molar-refractivity contribution is 5.54. The number of rotatable bonds is 8. The maximum absolute atomic E-state index is 13.3. The number of ether oxygens (including phenoxy) is 3. The molecular formula is C32H42N6O4. The van der Waals surface area contributed by atoms with Gasteiger partial charge in [0.25, 0.3) is 0 Å². The van der Waals surface area contributed by atoms with Gasteiger partial charge in [0.2, 0.25) is 0 Å². The maximum Gasteiger partial charge on any atom is 0.350 e. The number of methoxy groups -OCH3 is 1. The quantitative estimate of drug-likeness (QED) is 0.379. The average molecular weight is 575 g/mol. The minimum Gasteiger partial charge on any atom is -0.497 e. The van der Waals surface area contributed by atoms with E-state index >= 15 is 0 Å². The minimum atomic E-state index is -0.0696. The number of benzene rings is 2. The molecule has 3 saturated heterocycles. The predicted octanol–water partition coefficient (Wildman–Crippen LogP) is 3.37. The summed E-state index contributed by atoms with van der Waals surface area (Å²) in [6.07, 6.45) is 5.73. The average Bonchev–Trinajstić information content (AvgIpc) is 3.43. The first-order valence-corrected chi connectivity index (χ1v) is 15.1. The van der Waals surface area contributed by atoms with Gasteiger partial charge < -0.3 is 24.0 Å². The number of piperidine rings is 1. The Bertz CT molecular complexity index is 1380. The lowest BCUT2D eigenvalue weighted by molar-refractivity contribution is -0.0679. The van der Waals surface area contributed by atoms with Crippen LogP contribution in [0, 0.1) is 0 Å². The van der Waals surface area contributed by atoms with Gasteiger partial charge in [-0.05, 0) is 68.3 Å². The maximum atomic E-state index is 13.3. The zero-order valence-corrected chi connectivity index (χ0v) is 24.7. The molecule has 42 heavy (non-hydrogen) atoms. The van der Waals surface area contributed by atoms with E-state index in [-0.39, 0.29) is 17.8 Å². The summed E-state index contributed by atoms with van der Waals surface area (Å²) in [4.78, 5) is 20.6. The Labute approximate surface area is 247 Å². The summed E-state index contributed by atoms with van der Waals surface area (Å²) < 4.78 is 19.9. The summed E-state index contributed by atoms with van der Waals surface area (Å²) in [6, 6.07) is 16.7. The molecule has 224 valence electrons. The normalized spacial score (nSPS) is 21.1. The monoisotopic (exact) mass is 574 g/mol. The van der Waals surface area contributed by atoms with Gasteiger partial charge in [-0.2, -0.15) is 5.10 Å². The van der Waals surface area contributed by atoms with Crippen LogP contribution in [0.5, 0.6) is 5.75 Å². The second-order valence-corrected chi connectivity index (χ2v) is 11.4. The zero-order valence-electron chi connectivity index (χ0n) is 24.7.